The Morgan fingerprint density at radius 1 is 1.00 bits per heavy atom. The monoisotopic (exact) mass is 299 g/mol. The number of ether oxygens (including phenoxy) is 1. The lowest BCUT2D eigenvalue weighted by Gasteiger charge is -2.13. The number of alkyl halides is 2. The fourth-order valence-electron chi connectivity index (χ4n) is 1.96. The molecule has 2 rings (SSSR count). The minimum atomic E-state index is -2.90. The Labute approximate surface area is 119 Å². The van der Waals surface area contributed by atoms with E-state index in [1.165, 1.54) is 36.4 Å². The molecule has 0 amide bonds. The second-order valence-electron chi connectivity index (χ2n) is 4.47. The number of hydrogen-bond acceptors (Lipinski definition) is 2. The maximum absolute atomic E-state index is 13.6. The predicted molar refractivity (Wildman–Crippen MR) is 70.1 cm³/mol. The highest BCUT2D eigenvalue weighted by Crippen LogP contribution is 2.22. The van der Waals surface area contributed by atoms with E-state index in [-0.39, 0.29) is 17.7 Å². The van der Waals surface area contributed by atoms with Gasteiger partial charge in [0.15, 0.2) is 11.6 Å². The number of hydrogen-bond donors (Lipinski definition) is 1. The molecule has 0 aliphatic heterocycles. The van der Waals surface area contributed by atoms with Gasteiger partial charge in [-0.05, 0) is 35.7 Å². The molecule has 6 heteroatoms. The van der Waals surface area contributed by atoms with Gasteiger partial charge in [0.2, 0.25) is 0 Å². The molecule has 0 aromatic heterocycles. The topological polar surface area (TPSA) is 35.2 Å². The third-order valence-corrected chi connectivity index (χ3v) is 3.00. The lowest BCUT2D eigenvalue weighted by Crippen LogP contribution is -2.14. The van der Waals surface area contributed by atoms with Crippen LogP contribution in [0.15, 0.2) is 42.5 Å². The van der Waals surface area contributed by atoms with Crippen LogP contribution in [0, 0.1) is 11.6 Å². The van der Waals surface area contributed by atoms with Crippen molar-refractivity contribution in [1.82, 2.24) is 0 Å². The van der Waals surface area contributed by atoms with Crippen LogP contribution in [-0.4, -0.2) is 6.61 Å². The average molecular weight is 299 g/mol. The summed E-state index contributed by atoms with van der Waals surface area (Å²) in [7, 11) is 0. The van der Waals surface area contributed by atoms with Gasteiger partial charge in [0, 0.05) is 6.04 Å². The Kier molecular flexibility index (Phi) is 4.80. The Balaban J connectivity index is 2.09. The maximum Gasteiger partial charge on any atom is 0.387 e. The van der Waals surface area contributed by atoms with Gasteiger partial charge in [0.1, 0.15) is 5.75 Å². The molecule has 0 bridgehead atoms. The summed E-state index contributed by atoms with van der Waals surface area (Å²) in [5.41, 5.74) is 6.69. The maximum atomic E-state index is 13.6. The molecule has 21 heavy (non-hydrogen) atoms. The number of halogens is 4. The summed E-state index contributed by atoms with van der Waals surface area (Å²) >= 11 is 0. The smallest absolute Gasteiger partial charge is 0.387 e. The molecule has 0 aliphatic rings. The molecule has 1 unspecified atom stereocenters. The zero-order chi connectivity index (χ0) is 15.4. The van der Waals surface area contributed by atoms with Crippen molar-refractivity contribution in [2.75, 3.05) is 0 Å². The van der Waals surface area contributed by atoms with E-state index in [1.54, 1.807) is 0 Å². The van der Waals surface area contributed by atoms with Gasteiger partial charge >= 0.3 is 6.61 Å². The van der Waals surface area contributed by atoms with Crippen LogP contribution in [-0.2, 0) is 6.42 Å². The molecule has 2 nitrogen and oxygen atoms in total. The largest absolute Gasteiger partial charge is 0.435 e. The van der Waals surface area contributed by atoms with Crippen LogP contribution >= 0.6 is 0 Å². The van der Waals surface area contributed by atoms with Crippen molar-refractivity contribution in [3.05, 3.63) is 65.2 Å². The minimum Gasteiger partial charge on any atom is -0.435 e. The fourth-order valence-corrected chi connectivity index (χ4v) is 1.96. The number of rotatable bonds is 5. The molecular weight excluding hydrogens is 286 g/mol. The Morgan fingerprint density at radius 2 is 1.67 bits per heavy atom. The van der Waals surface area contributed by atoms with Gasteiger partial charge in [0.05, 0.1) is 0 Å². The van der Waals surface area contributed by atoms with Gasteiger partial charge < -0.3 is 10.5 Å². The van der Waals surface area contributed by atoms with Gasteiger partial charge in [-0.15, -0.1) is 0 Å². The lowest BCUT2D eigenvalue weighted by atomic mass is 9.99. The van der Waals surface area contributed by atoms with E-state index in [4.69, 9.17) is 5.73 Å². The van der Waals surface area contributed by atoms with Crippen molar-refractivity contribution < 1.29 is 22.3 Å². The van der Waals surface area contributed by atoms with Crippen LogP contribution in [0.25, 0.3) is 0 Å². The predicted octanol–water partition coefficient (Wildman–Crippen LogP) is 3.81. The summed E-state index contributed by atoms with van der Waals surface area (Å²) in [5.74, 6) is -1.84. The first kappa shape index (κ1) is 15.3. The lowest BCUT2D eigenvalue weighted by molar-refractivity contribution is -0.0498. The van der Waals surface area contributed by atoms with Gasteiger partial charge in [-0.2, -0.15) is 8.78 Å². The zero-order valence-electron chi connectivity index (χ0n) is 10.9. The van der Waals surface area contributed by atoms with Gasteiger partial charge in [-0.3, -0.25) is 0 Å². The van der Waals surface area contributed by atoms with Crippen molar-refractivity contribution in [1.29, 1.82) is 0 Å². The van der Waals surface area contributed by atoms with Crippen LogP contribution in [0.5, 0.6) is 5.75 Å². The van der Waals surface area contributed by atoms with Crippen LogP contribution < -0.4 is 10.5 Å². The molecule has 2 N–H and O–H groups in total. The summed E-state index contributed by atoms with van der Waals surface area (Å²) in [4.78, 5) is 0. The van der Waals surface area contributed by atoms with Crippen LogP contribution in [0.3, 0.4) is 0 Å². The molecule has 0 fully saturated rings. The summed E-state index contributed by atoms with van der Waals surface area (Å²) < 4.78 is 54.9. The first-order chi connectivity index (χ1) is 9.97. The van der Waals surface area contributed by atoms with Gasteiger partial charge in [-0.1, -0.05) is 24.3 Å². The quantitative estimate of drug-likeness (QED) is 0.852. The molecule has 0 radical (unpaired) electrons. The van der Waals surface area contributed by atoms with Gasteiger partial charge in [-0.25, -0.2) is 8.78 Å². The molecule has 0 aliphatic carbocycles. The Bertz CT molecular complexity index is 601. The van der Waals surface area contributed by atoms with E-state index in [2.05, 4.69) is 4.74 Å². The molecule has 1 atom stereocenters. The summed E-state index contributed by atoms with van der Waals surface area (Å²) in [6, 6.07) is 9.03. The van der Waals surface area contributed by atoms with E-state index in [1.807, 2.05) is 0 Å². The first-order valence-corrected chi connectivity index (χ1v) is 6.20. The van der Waals surface area contributed by atoms with Crippen molar-refractivity contribution >= 4 is 0 Å². The minimum absolute atomic E-state index is 0.0119. The van der Waals surface area contributed by atoms with E-state index >= 15 is 0 Å². The standard InChI is InChI=1S/C15H13F4NO/c16-12-3-1-2-10(14(12)17)8-13(20)9-4-6-11(7-5-9)21-15(18)19/h1-7,13,15H,8,20H2. The van der Waals surface area contributed by atoms with Gasteiger partial charge in [0.25, 0.3) is 0 Å². The second kappa shape index (κ2) is 6.58. The van der Waals surface area contributed by atoms with Crippen molar-refractivity contribution in [3.8, 4) is 5.75 Å². The highest BCUT2D eigenvalue weighted by atomic mass is 19.3. The molecule has 112 valence electrons. The van der Waals surface area contributed by atoms with Crippen molar-refractivity contribution in [3.63, 3.8) is 0 Å². The molecule has 2 aromatic rings. The summed E-state index contributed by atoms with van der Waals surface area (Å²) in [6.45, 7) is -2.90. The highest BCUT2D eigenvalue weighted by molar-refractivity contribution is 5.30. The second-order valence-corrected chi connectivity index (χ2v) is 4.47. The highest BCUT2D eigenvalue weighted by Gasteiger charge is 2.13. The van der Waals surface area contributed by atoms with Crippen LogP contribution in [0.1, 0.15) is 17.2 Å². The first-order valence-electron chi connectivity index (χ1n) is 6.20. The summed E-state index contributed by atoms with van der Waals surface area (Å²) in [6.07, 6.45) is 0.0959. The third kappa shape index (κ3) is 3.95. The summed E-state index contributed by atoms with van der Waals surface area (Å²) in [5, 5.41) is 0. The Hall–Kier alpha value is -2.08. The van der Waals surface area contributed by atoms with E-state index in [9.17, 15) is 17.6 Å². The van der Waals surface area contributed by atoms with E-state index in [0.717, 1.165) is 6.07 Å². The number of benzene rings is 2. The van der Waals surface area contributed by atoms with Crippen molar-refractivity contribution in [2.45, 2.75) is 19.1 Å². The van der Waals surface area contributed by atoms with Crippen LogP contribution in [0.4, 0.5) is 17.6 Å². The average Bonchev–Trinajstić information content (AvgIpc) is 2.44. The molecule has 2 aromatic carbocycles. The van der Waals surface area contributed by atoms with E-state index < -0.39 is 24.3 Å². The third-order valence-electron chi connectivity index (χ3n) is 3.00. The Morgan fingerprint density at radius 3 is 2.29 bits per heavy atom. The normalized spacial score (nSPS) is 12.5. The fraction of sp³-hybridized carbons (Fsp3) is 0.200. The van der Waals surface area contributed by atoms with Crippen LogP contribution in [0.2, 0.25) is 0 Å². The number of nitrogens with two attached hydrogens (primary N) is 1. The molecule has 0 heterocycles. The van der Waals surface area contributed by atoms with Crippen molar-refractivity contribution in [2.24, 2.45) is 5.73 Å². The molecule has 0 saturated carbocycles. The SMILES string of the molecule is NC(Cc1cccc(F)c1F)c1ccc(OC(F)F)cc1. The molecular formula is C15H13F4NO. The molecule has 0 saturated heterocycles. The van der Waals surface area contributed by atoms with E-state index in [0.29, 0.717) is 5.56 Å². The zero-order valence-corrected chi connectivity index (χ0v) is 10.9. The molecule has 0 spiro atoms.